The van der Waals surface area contributed by atoms with E-state index in [4.69, 9.17) is 0 Å². The van der Waals surface area contributed by atoms with Crippen molar-refractivity contribution in [3.8, 4) is 0 Å². The molecule has 0 bridgehead atoms. The zero-order valence-electron chi connectivity index (χ0n) is 13.1. The fourth-order valence-corrected chi connectivity index (χ4v) is 3.27. The van der Waals surface area contributed by atoms with Crippen molar-refractivity contribution < 1.29 is 0 Å². The van der Waals surface area contributed by atoms with Crippen LogP contribution in [-0.2, 0) is 6.54 Å². The van der Waals surface area contributed by atoms with Gasteiger partial charge in [-0.15, -0.1) is 0 Å². The predicted octanol–water partition coefficient (Wildman–Crippen LogP) is 3.68. The van der Waals surface area contributed by atoms with Crippen LogP contribution in [-0.4, -0.2) is 30.6 Å². The molecule has 1 aromatic rings. The van der Waals surface area contributed by atoms with Crippen molar-refractivity contribution in [2.24, 2.45) is 5.92 Å². The second-order valence-electron chi connectivity index (χ2n) is 6.16. The summed E-state index contributed by atoms with van der Waals surface area (Å²) in [7, 11) is 0. The van der Waals surface area contributed by atoms with Crippen LogP contribution in [0.25, 0.3) is 0 Å². The van der Waals surface area contributed by atoms with Gasteiger partial charge in [-0.05, 0) is 30.9 Å². The molecule has 0 radical (unpaired) electrons. The Balaban J connectivity index is 1.82. The zero-order chi connectivity index (χ0) is 14.2. The van der Waals surface area contributed by atoms with Crippen molar-refractivity contribution in [1.29, 1.82) is 0 Å². The van der Waals surface area contributed by atoms with Crippen LogP contribution in [0.5, 0.6) is 0 Å². The number of piperidine rings is 1. The molecule has 0 aliphatic carbocycles. The number of unbranched alkanes of at least 4 members (excludes halogenated alkanes) is 1. The summed E-state index contributed by atoms with van der Waals surface area (Å²) in [5.41, 5.74) is 1.39. The van der Waals surface area contributed by atoms with Crippen molar-refractivity contribution in [3.63, 3.8) is 0 Å². The van der Waals surface area contributed by atoms with Crippen LogP contribution >= 0.6 is 0 Å². The molecule has 0 aromatic heterocycles. The highest BCUT2D eigenvalue weighted by Crippen LogP contribution is 2.22. The lowest BCUT2D eigenvalue weighted by Gasteiger charge is -2.38. The molecule has 1 aliphatic rings. The molecule has 1 saturated heterocycles. The third-order valence-electron chi connectivity index (χ3n) is 4.46. The molecule has 1 aliphatic heterocycles. The molecule has 1 heterocycles. The number of nitrogens with one attached hydrogen (secondary N) is 1. The van der Waals surface area contributed by atoms with E-state index in [1.165, 1.54) is 50.9 Å². The summed E-state index contributed by atoms with van der Waals surface area (Å²) in [5.74, 6) is 0.886. The van der Waals surface area contributed by atoms with Gasteiger partial charge in [0, 0.05) is 25.7 Å². The molecule has 0 spiro atoms. The average Bonchev–Trinajstić information content (AvgIpc) is 2.51. The monoisotopic (exact) mass is 274 g/mol. The Kier molecular flexibility index (Phi) is 6.55. The molecule has 0 amide bonds. The molecule has 1 aromatic carbocycles. The topological polar surface area (TPSA) is 15.3 Å². The van der Waals surface area contributed by atoms with E-state index in [9.17, 15) is 0 Å². The van der Waals surface area contributed by atoms with Crippen molar-refractivity contribution in [2.45, 2.75) is 52.1 Å². The van der Waals surface area contributed by atoms with Gasteiger partial charge in [0.2, 0.25) is 0 Å². The maximum Gasteiger partial charge on any atom is 0.0208 e. The Morgan fingerprint density at radius 1 is 1.15 bits per heavy atom. The van der Waals surface area contributed by atoms with E-state index in [1.807, 2.05) is 0 Å². The van der Waals surface area contributed by atoms with Crippen LogP contribution in [0.1, 0.15) is 45.1 Å². The Labute approximate surface area is 124 Å². The van der Waals surface area contributed by atoms with Crippen LogP contribution < -0.4 is 5.32 Å². The molecule has 1 fully saturated rings. The largest absolute Gasteiger partial charge is 0.309 e. The molecule has 112 valence electrons. The van der Waals surface area contributed by atoms with E-state index in [0.717, 1.165) is 12.5 Å². The molecule has 0 saturated carbocycles. The molecule has 2 unspecified atom stereocenters. The Morgan fingerprint density at radius 2 is 1.95 bits per heavy atom. The van der Waals surface area contributed by atoms with Crippen LogP contribution in [0.15, 0.2) is 30.3 Å². The third-order valence-corrected chi connectivity index (χ3v) is 4.46. The lowest BCUT2D eigenvalue weighted by molar-refractivity contribution is 0.139. The van der Waals surface area contributed by atoms with E-state index in [1.54, 1.807) is 0 Å². The van der Waals surface area contributed by atoms with Gasteiger partial charge in [0.05, 0.1) is 0 Å². The van der Waals surface area contributed by atoms with Gasteiger partial charge in [-0.25, -0.2) is 0 Å². The van der Waals surface area contributed by atoms with E-state index in [-0.39, 0.29) is 0 Å². The van der Waals surface area contributed by atoms with Crippen LogP contribution in [0, 0.1) is 5.92 Å². The van der Waals surface area contributed by atoms with Gasteiger partial charge in [0.25, 0.3) is 0 Å². The highest BCUT2D eigenvalue weighted by Gasteiger charge is 2.25. The number of hydrogen-bond donors (Lipinski definition) is 1. The lowest BCUT2D eigenvalue weighted by atomic mass is 9.90. The van der Waals surface area contributed by atoms with Gasteiger partial charge in [-0.3, -0.25) is 0 Å². The smallest absolute Gasteiger partial charge is 0.0208 e. The average molecular weight is 274 g/mol. The molecule has 2 heteroatoms. The highest BCUT2D eigenvalue weighted by molar-refractivity contribution is 5.14. The lowest BCUT2D eigenvalue weighted by Crippen LogP contribution is -2.48. The summed E-state index contributed by atoms with van der Waals surface area (Å²) in [6.07, 6.45) is 5.46. The minimum absolute atomic E-state index is 0.658. The summed E-state index contributed by atoms with van der Waals surface area (Å²) < 4.78 is 0. The predicted molar refractivity (Wildman–Crippen MR) is 86.8 cm³/mol. The summed E-state index contributed by atoms with van der Waals surface area (Å²) in [4.78, 5) is 2.62. The van der Waals surface area contributed by atoms with Gasteiger partial charge < -0.3 is 10.2 Å². The molecule has 2 nitrogen and oxygen atoms in total. The Hall–Kier alpha value is -0.860. The number of nitrogens with zero attached hydrogens (tertiary/aromatic N) is 1. The second kappa shape index (κ2) is 8.43. The van der Waals surface area contributed by atoms with Crippen LogP contribution in [0.3, 0.4) is 0 Å². The molecular formula is C18H30N2. The third kappa shape index (κ3) is 4.92. The van der Waals surface area contributed by atoms with Gasteiger partial charge >= 0.3 is 0 Å². The van der Waals surface area contributed by atoms with Gasteiger partial charge in [-0.2, -0.15) is 0 Å². The SMILES string of the molecule is CCCCC1CC(NCc2ccccc2)CN(CC)C1. The van der Waals surface area contributed by atoms with Crippen molar-refractivity contribution >= 4 is 0 Å². The first-order valence-corrected chi connectivity index (χ1v) is 8.31. The molecule has 2 atom stereocenters. The number of hydrogen-bond acceptors (Lipinski definition) is 2. The molecular weight excluding hydrogens is 244 g/mol. The van der Waals surface area contributed by atoms with Crippen LogP contribution in [0.4, 0.5) is 0 Å². The first-order valence-electron chi connectivity index (χ1n) is 8.31. The zero-order valence-corrected chi connectivity index (χ0v) is 13.1. The van der Waals surface area contributed by atoms with E-state index < -0.39 is 0 Å². The second-order valence-corrected chi connectivity index (χ2v) is 6.16. The van der Waals surface area contributed by atoms with Crippen molar-refractivity contribution in [1.82, 2.24) is 10.2 Å². The standard InChI is InChI=1S/C18H30N2/c1-3-5-9-17-12-18(15-20(4-2)14-17)19-13-16-10-7-6-8-11-16/h6-8,10-11,17-19H,3-5,9,12-15H2,1-2H3. The first kappa shape index (κ1) is 15.5. The molecule has 20 heavy (non-hydrogen) atoms. The summed E-state index contributed by atoms with van der Waals surface area (Å²) >= 11 is 0. The van der Waals surface area contributed by atoms with Crippen molar-refractivity contribution in [3.05, 3.63) is 35.9 Å². The van der Waals surface area contributed by atoms with Gasteiger partial charge in [0.1, 0.15) is 0 Å². The highest BCUT2D eigenvalue weighted by atomic mass is 15.2. The number of likely N-dealkylation sites (tertiary alicyclic amines) is 1. The summed E-state index contributed by atoms with van der Waals surface area (Å²) in [5, 5.41) is 3.77. The minimum Gasteiger partial charge on any atom is -0.309 e. The van der Waals surface area contributed by atoms with E-state index in [0.29, 0.717) is 6.04 Å². The number of likely N-dealkylation sites (N-methyl/N-ethyl adjacent to an activating group) is 1. The maximum atomic E-state index is 3.77. The molecule has 2 rings (SSSR count). The number of benzene rings is 1. The van der Waals surface area contributed by atoms with E-state index in [2.05, 4.69) is 54.4 Å². The fraction of sp³-hybridized carbons (Fsp3) is 0.667. The molecule has 1 N–H and O–H groups in total. The first-order chi connectivity index (χ1) is 9.81. The summed E-state index contributed by atoms with van der Waals surface area (Å²) in [6, 6.07) is 11.4. The van der Waals surface area contributed by atoms with Crippen LogP contribution in [0.2, 0.25) is 0 Å². The van der Waals surface area contributed by atoms with Gasteiger partial charge in [0.15, 0.2) is 0 Å². The quantitative estimate of drug-likeness (QED) is 0.816. The maximum absolute atomic E-state index is 3.77. The van der Waals surface area contributed by atoms with Crippen molar-refractivity contribution in [2.75, 3.05) is 19.6 Å². The van der Waals surface area contributed by atoms with Gasteiger partial charge in [-0.1, -0.05) is 57.0 Å². The minimum atomic E-state index is 0.658. The summed E-state index contributed by atoms with van der Waals surface area (Å²) in [6.45, 7) is 9.30. The number of rotatable bonds is 7. The normalized spacial score (nSPS) is 23.9. The Morgan fingerprint density at radius 3 is 2.65 bits per heavy atom. The Bertz CT molecular complexity index is 363. The fourth-order valence-electron chi connectivity index (χ4n) is 3.27. The van der Waals surface area contributed by atoms with E-state index >= 15 is 0 Å².